The number of carbonyl (C=O) groups excluding carboxylic acids is 1. The summed E-state index contributed by atoms with van der Waals surface area (Å²) in [5.41, 5.74) is 1.11. The van der Waals surface area contributed by atoms with E-state index in [1.54, 1.807) is 0 Å². The van der Waals surface area contributed by atoms with Gasteiger partial charge in [-0.1, -0.05) is 38.0 Å². The van der Waals surface area contributed by atoms with E-state index in [1.165, 1.54) is 19.3 Å². The molecule has 0 amide bonds. The predicted molar refractivity (Wildman–Crippen MR) is 64.8 cm³/mol. The molecule has 0 bridgehead atoms. The van der Waals surface area contributed by atoms with Crippen molar-refractivity contribution in [2.24, 2.45) is 5.92 Å². The van der Waals surface area contributed by atoms with Crippen LogP contribution in [0.15, 0.2) is 23.8 Å². The molecule has 0 heterocycles. The van der Waals surface area contributed by atoms with Crippen LogP contribution in [0.3, 0.4) is 0 Å². The van der Waals surface area contributed by atoms with Gasteiger partial charge in [-0.3, -0.25) is 4.79 Å². The zero-order chi connectivity index (χ0) is 11.1. The van der Waals surface area contributed by atoms with Gasteiger partial charge in [-0.15, -0.1) is 0 Å². The van der Waals surface area contributed by atoms with Crippen molar-refractivity contribution in [2.45, 2.75) is 52.4 Å². The van der Waals surface area contributed by atoms with E-state index < -0.39 is 0 Å². The molecule has 1 unspecified atom stereocenters. The van der Waals surface area contributed by atoms with Crippen molar-refractivity contribution in [2.75, 3.05) is 0 Å². The Morgan fingerprint density at radius 3 is 2.87 bits per heavy atom. The lowest BCUT2D eigenvalue weighted by atomic mass is 9.89. The summed E-state index contributed by atoms with van der Waals surface area (Å²) >= 11 is 0. The van der Waals surface area contributed by atoms with Gasteiger partial charge in [0.1, 0.15) is 0 Å². The van der Waals surface area contributed by atoms with Gasteiger partial charge in [-0.05, 0) is 37.7 Å². The lowest BCUT2D eigenvalue weighted by Crippen LogP contribution is -2.09. The molecule has 15 heavy (non-hydrogen) atoms. The van der Waals surface area contributed by atoms with Crippen LogP contribution in [0.5, 0.6) is 0 Å². The fourth-order valence-corrected chi connectivity index (χ4v) is 2.16. The van der Waals surface area contributed by atoms with Crippen molar-refractivity contribution in [1.29, 1.82) is 0 Å². The van der Waals surface area contributed by atoms with E-state index >= 15 is 0 Å². The van der Waals surface area contributed by atoms with Gasteiger partial charge in [0.25, 0.3) is 0 Å². The lowest BCUT2D eigenvalue weighted by Gasteiger charge is -2.15. The van der Waals surface area contributed by atoms with Crippen molar-refractivity contribution in [3.63, 3.8) is 0 Å². The third kappa shape index (κ3) is 3.65. The molecule has 0 aromatic heterocycles. The third-order valence-electron chi connectivity index (χ3n) is 3.06. The average Bonchev–Trinajstić information content (AvgIpc) is 2.65. The first kappa shape index (κ1) is 12.2. The maximum Gasteiger partial charge on any atom is 0.159 e. The maximum atomic E-state index is 11.6. The molecule has 1 heteroatoms. The highest BCUT2D eigenvalue weighted by atomic mass is 16.1. The molecule has 0 aromatic carbocycles. The summed E-state index contributed by atoms with van der Waals surface area (Å²) in [6.45, 7) is 4.25. The highest BCUT2D eigenvalue weighted by Crippen LogP contribution is 2.28. The number of allylic oxidation sites excluding steroid dienone is 4. The molecule has 1 aliphatic rings. The van der Waals surface area contributed by atoms with Crippen LogP contribution in [-0.4, -0.2) is 5.78 Å². The minimum absolute atomic E-state index is 0.389. The van der Waals surface area contributed by atoms with Gasteiger partial charge in [0.05, 0.1) is 0 Å². The molecular weight excluding hydrogens is 184 g/mol. The minimum atomic E-state index is 0.389. The van der Waals surface area contributed by atoms with Crippen LogP contribution < -0.4 is 0 Å². The predicted octanol–water partition coefficient (Wildman–Crippen LogP) is 4.05. The van der Waals surface area contributed by atoms with Crippen molar-refractivity contribution >= 4 is 5.78 Å². The quantitative estimate of drug-likeness (QED) is 0.599. The molecule has 0 saturated carbocycles. The van der Waals surface area contributed by atoms with E-state index in [-0.39, 0.29) is 0 Å². The third-order valence-corrected chi connectivity index (χ3v) is 3.06. The van der Waals surface area contributed by atoms with E-state index in [4.69, 9.17) is 0 Å². The van der Waals surface area contributed by atoms with Gasteiger partial charge in [-0.25, -0.2) is 0 Å². The summed E-state index contributed by atoms with van der Waals surface area (Å²) in [5.74, 6) is 0.872. The summed E-state index contributed by atoms with van der Waals surface area (Å²) < 4.78 is 0. The molecule has 0 fully saturated rings. The topological polar surface area (TPSA) is 17.1 Å². The van der Waals surface area contributed by atoms with Crippen LogP contribution in [0.2, 0.25) is 0 Å². The van der Waals surface area contributed by atoms with E-state index in [9.17, 15) is 4.79 Å². The van der Waals surface area contributed by atoms with Gasteiger partial charge in [0, 0.05) is 6.42 Å². The van der Waals surface area contributed by atoms with Gasteiger partial charge in [-0.2, -0.15) is 0 Å². The molecule has 0 N–H and O–H groups in total. The first-order chi connectivity index (χ1) is 7.29. The number of Topliss-reactive ketones (excluding diaryl/α,β-unsaturated/α-hetero) is 1. The van der Waals surface area contributed by atoms with E-state index in [0.717, 1.165) is 24.8 Å². The van der Waals surface area contributed by atoms with Crippen molar-refractivity contribution < 1.29 is 4.79 Å². The summed E-state index contributed by atoms with van der Waals surface area (Å²) in [6, 6.07) is 0. The van der Waals surface area contributed by atoms with Gasteiger partial charge < -0.3 is 0 Å². The monoisotopic (exact) mass is 206 g/mol. The normalized spacial score (nSPS) is 18.5. The lowest BCUT2D eigenvalue weighted by molar-refractivity contribution is -0.115. The second-order valence-electron chi connectivity index (χ2n) is 4.27. The SMILES string of the molecule is C/C=C\CC(CCCC)C1=CCCC1=O. The molecule has 0 aromatic rings. The van der Waals surface area contributed by atoms with Crippen LogP contribution in [0.4, 0.5) is 0 Å². The zero-order valence-corrected chi connectivity index (χ0v) is 9.96. The Bertz CT molecular complexity index is 261. The first-order valence-electron chi connectivity index (χ1n) is 6.14. The van der Waals surface area contributed by atoms with Crippen molar-refractivity contribution in [1.82, 2.24) is 0 Å². The van der Waals surface area contributed by atoms with Gasteiger partial charge >= 0.3 is 0 Å². The standard InChI is InChI=1S/C14H22O/c1-3-5-8-12(9-6-4-2)13-10-7-11-14(13)15/h3,5,10,12H,4,6-9,11H2,1-2H3/b5-3-. The van der Waals surface area contributed by atoms with Crippen LogP contribution >= 0.6 is 0 Å². The van der Waals surface area contributed by atoms with Crippen LogP contribution in [-0.2, 0) is 4.79 Å². The Hall–Kier alpha value is -0.850. The van der Waals surface area contributed by atoms with Crippen LogP contribution in [0.25, 0.3) is 0 Å². The Labute approximate surface area is 93.3 Å². The molecule has 1 aliphatic carbocycles. The van der Waals surface area contributed by atoms with Crippen molar-refractivity contribution in [3.8, 4) is 0 Å². The van der Waals surface area contributed by atoms with Gasteiger partial charge in [0.15, 0.2) is 5.78 Å². The fourth-order valence-electron chi connectivity index (χ4n) is 2.16. The number of carbonyl (C=O) groups is 1. The molecule has 0 aliphatic heterocycles. The molecule has 1 atom stereocenters. The van der Waals surface area contributed by atoms with Crippen LogP contribution in [0.1, 0.15) is 52.4 Å². The summed E-state index contributed by atoms with van der Waals surface area (Å²) in [7, 11) is 0. The number of unbranched alkanes of at least 4 members (excludes halogenated alkanes) is 1. The second kappa shape index (κ2) is 6.60. The Kier molecular flexibility index (Phi) is 5.38. The number of hydrogen-bond acceptors (Lipinski definition) is 1. The summed E-state index contributed by atoms with van der Waals surface area (Å²) in [6.07, 6.45) is 12.8. The second-order valence-corrected chi connectivity index (χ2v) is 4.27. The van der Waals surface area contributed by atoms with Crippen LogP contribution in [0, 0.1) is 5.92 Å². The molecule has 0 spiro atoms. The highest BCUT2D eigenvalue weighted by Gasteiger charge is 2.22. The molecular formula is C14H22O. The molecule has 1 rings (SSSR count). The smallest absolute Gasteiger partial charge is 0.159 e. The Balaban J connectivity index is 2.58. The van der Waals surface area contributed by atoms with E-state index in [1.807, 2.05) is 6.92 Å². The molecule has 0 radical (unpaired) electrons. The zero-order valence-electron chi connectivity index (χ0n) is 9.96. The number of ketones is 1. The van der Waals surface area contributed by atoms with Gasteiger partial charge in [0.2, 0.25) is 0 Å². The number of rotatable bonds is 6. The molecule has 0 saturated heterocycles. The van der Waals surface area contributed by atoms with E-state index in [0.29, 0.717) is 11.7 Å². The highest BCUT2D eigenvalue weighted by molar-refractivity contribution is 5.97. The van der Waals surface area contributed by atoms with E-state index in [2.05, 4.69) is 25.2 Å². The average molecular weight is 206 g/mol. The largest absolute Gasteiger partial charge is 0.295 e. The Morgan fingerprint density at radius 2 is 2.33 bits per heavy atom. The summed E-state index contributed by atoms with van der Waals surface area (Å²) in [5, 5.41) is 0. The molecule has 1 nitrogen and oxygen atoms in total. The maximum absolute atomic E-state index is 11.6. The number of hydrogen-bond donors (Lipinski definition) is 0. The Morgan fingerprint density at radius 1 is 1.53 bits per heavy atom. The molecule has 84 valence electrons. The fraction of sp³-hybridized carbons (Fsp3) is 0.643. The first-order valence-corrected chi connectivity index (χ1v) is 6.14. The van der Waals surface area contributed by atoms with Crippen molar-refractivity contribution in [3.05, 3.63) is 23.8 Å². The summed E-state index contributed by atoms with van der Waals surface area (Å²) in [4.78, 5) is 11.6. The minimum Gasteiger partial charge on any atom is -0.295 e.